The first kappa shape index (κ1) is 13.5. The molecule has 0 radical (unpaired) electrons. The average Bonchev–Trinajstić information content (AvgIpc) is 2.18. The Kier molecular flexibility index (Phi) is 4.11. The minimum Gasteiger partial charge on any atom is -0.481 e. The maximum Gasteiger partial charge on any atom is 0.417 e. The van der Waals surface area contributed by atoms with Gasteiger partial charge in [-0.05, 0) is 12.1 Å². The van der Waals surface area contributed by atoms with Gasteiger partial charge in [-0.15, -0.1) is 0 Å². The Morgan fingerprint density at radius 1 is 1.53 bits per heavy atom. The molecule has 0 aromatic carbocycles. The van der Waals surface area contributed by atoms with E-state index >= 15 is 0 Å². The molecule has 92 valence electrons. The molecule has 0 aliphatic heterocycles. The largest absolute Gasteiger partial charge is 0.481 e. The molecule has 0 spiro atoms. The molecule has 0 aliphatic rings. The predicted molar refractivity (Wildman–Crippen MR) is 55.5 cm³/mol. The molecule has 1 rings (SSSR count). The van der Waals surface area contributed by atoms with Crippen molar-refractivity contribution in [1.29, 1.82) is 0 Å². The summed E-state index contributed by atoms with van der Waals surface area (Å²) in [7, 11) is 0. The SMILES string of the molecule is O=C(O)CC=Cc1ncc(C(F)(F)F)cc1Cl. The molecule has 1 heterocycles. The number of pyridine rings is 1. The Hall–Kier alpha value is -1.56. The van der Waals surface area contributed by atoms with Crippen LogP contribution in [0.4, 0.5) is 13.2 Å². The number of nitrogens with zero attached hydrogens (tertiary/aromatic N) is 1. The number of carboxylic acids is 1. The van der Waals surface area contributed by atoms with Gasteiger partial charge in [0.2, 0.25) is 0 Å². The normalized spacial score (nSPS) is 12.0. The van der Waals surface area contributed by atoms with E-state index < -0.39 is 17.7 Å². The highest BCUT2D eigenvalue weighted by molar-refractivity contribution is 6.31. The third kappa shape index (κ3) is 4.07. The molecule has 1 aromatic rings. The number of hydrogen-bond donors (Lipinski definition) is 1. The zero-order valence-corrected chi connectivity index (χ0v) is 9.09. The topological polar surface area (TPSA) is 50.2 Å². The van der Waals surface area contributed by atoms with Gasteiger partial charge in [0.15, 0.2) is 0 Å². The second kappa shape index (κ2) is 5.18. The third-order valence-electron chi connectivity index (χ3n) is 1.77. The molecule has 17 heavy (non-hydrogen) atoms. The Morgan fingerprint density at radius 3 is 2.65 bits per heavy atom. The quantitative estimate of drug-likeness (QED) is 0.913. The van der Waals surface area contributed by atoms with Crippen LogP contribution in [-0.2, 0) is 11.0 Å². The molecule has 3 nitrogen and oxygen atoms in total. The van der Waals surface area contributed by atoms with Crippen molar-refractivity contribution in [2.75, 3.05) is 0 Å². The number of rotatable bonds is 3. The van der Waals surface area contributed by atoms with Crippen LogP contribution >= 0.6 is 11.6 Å². The van der Waals surface area contributed by atoms with Crippen LogP contribution in [0.5, 0.6) is 0 Å². The summed E-state index contributed by atoms with van der Waals surface area (Å²) >= 11 is 5.59. The lowest BCUT2D eigenvalue weighted by Crippen LogP contribution is -2.05. The van der Waals surface area contributed by atoms with E-state index in [2.05, 4.69) is 4.98 Å². The number of carboxylic acid groups (broad SMARTS) is 1. The van der Waals surface area contributed by atoms with Crippen molar-refractivity contribution in [1.82, 2.24) is 4.98 Å². The summed E-state index contributed by atoms with van der Waals surface area (Å²) in [6, 6.07) is 0.745. The van der Waals surface area contributed by atoms with E-state index in [4.69, 9.17) is 16.7 Å². The fraction of sp³-hybridized carbons (Fsp3) is 0.200. The van der Waals surface area contributed by atoms with Gasteiger partial charge >= 0.3 is 12.1 Å². The highest BCUT2D eigenvalue weighted by Gasteiger charge is 2.31. The number of alkyl halides is 3. The van der Waals surface area contributed by atoms with Gasteiger partial charge in [0.1, 0.15) is 0 Å². The van der Waals surface area contributed by atoms with Crippen molar-refractivity contribution in [2.45, 2.75) is 12.6 Å². The lowest BCUT2D eigenvalue weighted by molar-refractivity contribution is -0.138. The van der Waals surface area contributed by atoms with Crippen molar-refractivity contribution in [3.05, 3.63) is 34.6 Å². The summed E-state index contributed by atoms with van der Waals surface area (Å²) in [4.78, 5) is 13.7. The average molecular weight is 266 g/mol. The minimum atomic E-state index is -4.50. The number of hydrogen-bond acceptors (Lipinski definition) is 2. The standard InChI is InChI=1S/C10H7ClF3NO2/c11-7-4-6(10(12,13)14)5-15-8(7)2-1-3-9(16)17/h1-2,4-5H,3H2,(H,16,17). The smallest absolute Gasteiger partial charge is 0.417 e. The Morgan fingerprint density at radius 2 is 2.18 bits per heavy atom. The van der Waals surface area contributed by atoms with Crippen LogP contribution in [0.3, 0.4) is 0 Å². The molecule has 0 aliphatic carbocycles. The van der Waals surface area contributed by atoms with E-state index in [9.17, 15) is 18.0 Å². The molecule has 7 heteroatoms. The lowest BCUT2D eigenvalue weighted by Gasteiger charge is -2.07. The Labute approximate surface area is 99.5 Å². The van der Waals surface area contributed by atoms with Gasteiger partial charge in [-0.2, -0.15) is 13.2 Å². The van der Waals surface area contributed by atoms with Crippen molar-refractivity contribution in [3.63, 3.8) is 0 Å². The Bertz CT molecular complexity index is 457. The van der Waals surface area contributed by atoms with E-state index in [1.165, 1.54) is 12.2 Å². The van der Waals surface area contributed by atoms with E-state index in [-0.39, 0.29) is 17.1 Å². The first-order valence-electron chi connectivity index (χ1n) is 4.42. The first-order valence-corrected chi connectivity index (χ1v) is 4.79. The molecule has 0 amide bonds. The molecule has 0 unspecified atom stereocenters. The number of aromatic nitrogens is 1. The van der Waals surface area contributed by atoms with E-state index in [0.29, 0.717) is 6.20 Å². The molecule has 0 bridgehead atoms. The van der Waals surface area contributed by atoms with E-state index in [1.807, 2.05) is 0 Å². The summed E-state index contributed by atoms with van der Waals surface area (Å²) in [5, 5.41) is 8.18. The molecular weight excluding hydrogens is 259 g/mol. The van der Waals surface area contributed by atoms with Crippen molar-refractivity contribution >= 4 is 23.6 Å². The maximum absolute atomic E-state index is 12.3. The third-order valence-corrected chi connectivity index (χ3v) is 2.07. The van der Waals surface area contributed by atoms with Crippen LogP contribution < -0.4 is 0 Å². The molecular formula is C10H7ClF3NO2. The number of aliphatic carboxylic acids is 1. The van der Waals surface area contributed by atoms with Gasteiger partial charge < -0.3 is 5.11 Å². The van der Waals surface area contributed by atoms with Crippen LogP contribution in [-0.4, -0.2) is 16.1 Å². The number of halogens is 4. The van der Waals surface area contributed by atoms with Crippen LogP contribution in [0.25, 0.3) is 6.08 Å². The molecule has 0 saturated carbocycles. The number of carbonyl (C=O) groups is 1. The van der Waals surface area contributed by atoms with E-state index in [0.717, 1.165) is 6.07 Å². The minimum absolute atomic E-state index is 0.0981. The lowest BCUT2D eigenvalue weighted by atomic mass is 10.2. The zero-order valence-electron chi connectivity index (χ0n) is 8.33. The highest BCUT2D eigenvalue weighted by Crippen LogP contribution is 2.31. The molecule has 1 N–H and O–H groups in total. The second-order valence-corrected chi connectivity index (χ2v) is 3.50. The highest BCUT2D eigenvalue weighted by atomic mass is 35.5. The molecule has 1 aromatic heterocycles. The summed E-state index contributed by atoms with van der Waals surface area (Å²) in [6.45, 7) is 0. The van der Waals surface area contributed by atoms with Gasteiger partial charge in [0.05, 0.1) is 22.7 Å². The van der Waals surface area contributed by atoms with Crippen LogP contribution in [0.15, 0.2) is 18.3 Å². The predicted octanol–water partition coefficient (Wildman–Crippen LogP) is 3.24. The van der Waals surface area contributed by atoms with Crippen LogP contribution in [0.2, 0.25) is 5.02 Å². The van der Waals surface area contributed by atoms with Gasteiger partial charge in [0, 0.05) is 6.20 Å². The first-order chi connectivity index (χ1) is 7.80. The van der Waals surface area contributed by atoms with Gasteiger partial charge in [-0.1, -0.05) is 17.7 Å². The van der Waals surface area contributed by atoms with Crippen molar-refractivity contribution in [3.8, 4) is 0 Å². The van der Waals surface area contributed by atoms with Crippen molar-refractivity contribution < 1.29 is 23.1 Å². The van der Waals surface area contributed by atoms with Gasteiger partial charge in [-0.3, -0.25) is 9.78 Å². The fourth-order valence-corrected chi connectivity index (χ4v) is 1.23. The molecule has 0 saturated heterocycles. The monoisotopic (exact) mass is 265 g/mol. The second-order valence-electron chi connectivity index (χ2n) is 3.09. The summed E-state index contributed by atoms with van der Waals surface area (Å²) < 4.78 is 36.8. The zero-order chi connectivity index (χ0) is 13.1. The molecule has 0 fully saturated rings. The van der Waals surface area contributed by atoms with Crippen LogP contribution in [0.1, 0.15) is 17.7 Å². The van der Waals surface area contributed by atoms with E-state index in [1.54, 1.807) is 0 Å². The summed E-state index contributed by atoms with van der Waals surface area (Å²) in [5.74, 6) is -1.05. The fourth-order valence-electron chi connectivity index (χ4n) is 0.998. The Balaban J connectivity index is 2.91. The maximum atomic E-state index is 12.3. The van der Waals surface area contributed by atoms with Gasteiger partial charge in [-0.25, -0.2) is 0 Å². The summed E-state index contributed by atoms with van der Waals surface area (Å²) in [5.41, 5.74) is -0.848. The van der Waals surface area contributed by atoms with Gasteiger partial charge in [0.25, 0.3) is 0 Å². The van der Waals surface area contributed by atoms with Crippen LogP contribution in [0, 0.1) is 0 Å². The van der Waals surface area contributed by atoms with Crippen molar-refractivity contribution in [2.24, 2.45) is 0 Å². The summed E-state index contributed by atoms with van der Waals surface area (Å²) in [6.07, 6.45) is -1.59. The molecule has 0 atom stereocenters.